The Bertz CT molecular complexity index is 748. The van der Waals surface area contributed by atoms with E-state index in [1.165, 1.54) is 6.07 Å². The van der Waals surface area contributed by atoms with Crippen LogP contribution in [0.4, 0.5) is 10.1 Å². The first-order valence-electron chi connectivity index (χ1n) is 6.28. The standard InChI is InChI=1S/C12H15BrFNO4S2/c1-8-6-10(13)11(14)7-12(8)15-21(18,19)9-2-4-20(16,17)5-3-9/h6-7,9,15H,2-5H2,1H3. The van der Waals surface area contributed by atoms with Crippen molar-refractivity contribution in [2.24, 2.45) is 0 Å². The third-order valence-corrected chi connectivity index (χ3v) is 7.64. The van der Waals surface area contributed by atoms with Crippen molar-refractivity contribution in [3.63, 3.8) is 0 Å². The summed E-state index contributed by atoms with van der Waals surface area (Å²) in [5.41, 5.74) is 0.749. The largest absolute Gasteiger partial charge is 0.283 e. The van der Waals surface area contributed by atoms with Crippen LogP contribution in [0, 0.1) is 12.7 Å². The SMILES string of the molecule is Cc1cc(Br)c(F)cc1NS(=O)(=O)C1CCS(=O)(=O)CC1. The molecule has 1 N–H and O–H groups in total. The maximum absolute atomic E-state index is 13.5. The molecule has 0 bridgehead atoms. The zero-order valence-corrected chi connectivity index (χ0v) is 14.5. The molecular formula is C12H15BrFNO4S2. The van der Waals surface area contributed by atoms with Gasteiger partial charge < -0.3 is 0 Å². The van der Waals surface area contributed by atoms with Crippen molar-refractivity contribution in [1.82, 2.24) is 0 Å². The number of hydrogen-bond donors (Lipinski definition) is 1. The predicted molar refractivity (Wildman–Crippen MR) is 83.1 cm³/mol. The molecule has 0 spiro atoms. The number of anilines is 1. The lowest BCUT2D eigenvalue weighted by Gasteiger charge is -2.23. The minimum atomic E-state index is -3.74. The van der Waals surface area contributed by atoms with Crippen LogP contribution in [0.5, 0.6) is 0 Å². The van der Waals surface area contributed by atoms with Gasteiger partial charge in [-0.1, -0.05) is 0 Å². The summed E-state index contributed by atoms with van der Waals surface area (Å²) in [6.45, 7) is 1.66. The third-order valence-electron chi connectivity index (χ3n) is 3.46. The Kier molecular flexibility index (Phi) is 4.65. The fraction of sp³-hybridized carbons (Fsp3) is 0.500. The lowest BCUT2D eigenvalue weighted by atomic mass is 10.2. The number of aryl methyl sites for hydroxylation is 1. The van der Waals surface area contributed by atoms with E-state index < -0.39 is 30.9 Å². The Morgan fingerprint density at radius 2 is 1.86 bits per heavy atom. The number of rotatable bonds is 3. The van der Waals surface area contributed by atoms with Crippen LogP contribution in [0.1, 0.15) is 18.4 Å². The molecule has 0 aliphatic carbocycles. The second-order valence-electron chi connectivity index (χ2n) is 5.08. The lowest BCUT2D eigenvalue weighted by Crippen LogP contribution is -2.36. The molecule has 1 aromatic carbocycles. The van der Waals surface area contributed by atoms with Gasteiger partial charge in [0.2, 0.25) is 10.0 Å². The van der Waals surface area contributed by atoms with Crippen molar-refractivity contribution in [3.8, 4) is 0 Å². The highest BCUT2D eigenvalue weighted by atomic mass is 79.9. The maximum Gasteiger partial charge on any atom is 0.235 e. The molecule has 0 radical (unpaired) electrons. The molecule has 0 saturated carbocycles. The molecule has 0 amide bonds. The van der Waals surface area contributed by atoms with Crippen LogP contribution < -0.4 is 4.72 Å². The van der Waals surface area contributed by atoms with Crippen LogP contribution in [0.15, 0.2) is 16.6 Å². The van der Waals surface area contributed by atoms with Crippen molar-refractivity contribution in [1.29, 1.82) is 0 Å². The van der Waals surface area contributed by atoms with Gasteiger partial charge in [-0.25, -0.2) is 21.2 Å². The second-order valence-corrected chi connectivity index (χ2v) is 10.2. The van der Waals surface area contributed by atoms with Crippen molar-refractivity contribution in [2.75, 3.05) is 16.2 Å². The molecule has 9 heteroatoms. The highest BCUT2D eigenvalue weighted by Crippen LogP contribution is 2.27. The molecule has 0 unspecified atom stereocenters. The molecule has 0 atom stereocenters. The number of nitrogens with one attached hydrogen (secondary N) is 1. The number of halogens is 2. The van der Waals surface area contributed by atoms with Crippen molar-refractivity contribution in [2.45, 2.75) is 25.0 Å². The van der Waals surface area contributed by atoms with E-state index in [4.69, 9.17) is 0 Å². The number of sulfone groups is 1. The van der Waals surface area contributed by atoms with Gasteiger partial charge in [-0.3, -0.25) is 4.72 Å². The molecule has 0 aromatic heterocycles. The van der Waals surface area contributed by atoms with Gasteiger partial charge in [0.25, 0.3) is 0 Å². The molecule has 1 heterocycles. The molecular weight excluding hydrogens is 385 g/mol. The van der Waals surface area contributed by atoms with Crippen molar-refractivity contribution >= 4 is 41.5 Å². The monoisotopic (exact) mass is 399 g/mol. The van der Waals surface area contributed by atoms with E-state index in [9.17, 15) is 21.2 Å². The lowest BCUT2D eigenvalue weighted by molar-refractivity contribution is 0.555. The van der Waals surface area contributed by atoms with Crippen molar-refractivity contribution < 1.29 is 21.2 Å². The van der Waals surface area contributed by atoms with E-state index in [-0.39, 0.29) is 34.5 Å². The summed E-state index contributed by atoms with van der Waals surface area (Å²) in [4.78, 5) is 0. The summed E-state index contributed by atoms with van der Waals surface area (Å²) in [6.07, 6.45) is 0.130. The summed E-state index contributed by atoms with van der Waals surface area (Å²) in [6, 6.07) is 2.59. The van der Waals surface area contributed by atoms with E-state index >= 15 is 0 Å². The quantitative estimate of drug-likeness (QED) is 0.844. The summed E-state index contributed by atoms with van der Waals surface area (Å²) in [7, 11) is -6.86. The molecule has 21 heavy (non-hydrogen) atoms. The van der Waals surface area contributed by atoms with E-state index in [2.05, 4.69) is 20.7 Å². The zero-order valence-electron chi connectivity index (χ0n) is 11.3. The van der Waals surface area contributed by atoms with Crippen LogP contribution in [0.2, 0.25) is 0 Å². The maximum atomic E-state index is 13.5. The second kappa shape index (κ2) is 5.85. The number of hydrogen-bond acceptors (Lipinski definition) is 4. The van der Waals surface area contributed by atoms with Crippen LogP contribution in [-0.4, -0.2) is 33.6 Å². The molecule has 1 aromatic rings. The molecule has 2 rings (SSSR count). The first kappa shape index (κ1) is 16.7. The normalized spacial score (nSPS) is 19.4. The van der Waals surface area contributed by atoms with Gasteiger partial charge >= 0.3 is 0 Å². The highest BCUT2D eigenvalue weighted by molar-refractivity contribution is 9.10. The fourth-order valence-electron chi connectivity index (χ4n) is 2.17. The Morgan fingerprint density at radius 1 is 1.29 bits per heavy atom. The third kappa shape index (κ3) is 3.95. The smallest absolute Gasteiger partial charge is 0.235 e. The number of sulfonamides is 1. The van der Waals surface area contributed by atoms with Crippen molar-refractivity contribution in [3.05, 3.63) is 28.0 Å². The minimum absolute atomic E-state index is 0.0652. The van der Waals surface area contributed by atoms with Gasteiger partial charge in [0.1, 0.15) is 15.7 Å². The first-order valence-corrected chi connectivity index (χ1v) is 10.4. The van der Waals surface area contributed by atoms with Crippen LogP contribution in [0.25, 0.3) is 0 Å². The summed E-state index contributed by atoms with van der Waals surface area (Å²) in [5, 5.41) is -0.771. The Labute approximate surface area is 132 Å². The van der Waals surface area contributed by atoms with E-state index in [0.29, 0.717) is 5.56 Å². The Hall–Kier alpha value is -0.670. The van der Waals surface area contributed by atoms with E-state index in [1.807, 2.05) is 0 Å². The topological polar surface area (TPSA) is 80.3 Å². The van der Waals surface area contributed by atoms with Gasteiger partial charge in [0.15, 0.2) is 0 Å². The minimum Gasteiger partial charge on any atom is -0.283 e. The van der Waals surface area contributed by atoms with Gasteiger partial charge in [-0.05, 0) is 53.4 Å². The van der Waals surface area contributed by atoms with Crippen LogP contribution >= 0.6 is 15.9 Å². The molecule has 1 saturated heterocycles. The van der Waals surface area contributed by atoms with Crippen LogP contribution in [-0.2, 0) is 19.9 Å². The molecule has 1 aliphatic rings. The van der Waals surface area contributed by atoms with E-state index in [1.54, 1.807) is 6.92 Å². The fourth-order valence-corrected chi connectivity index (χ4v) is 5.97. The van der Waals surface area contributed by atoms with E-state index in [0.717, 1.165) is 6.07 Å². The average molecular weight is 400 g/mol. The average Bonchev–Trinajstić information content (AvgIpc) is 2.35. The summed E-state index contributed by atoms with van der Waals surface area (Å²) < 4.78 is 63.4. The first-order chi connectivity index (χ1) is 9.61. The molecule has 1 fully saturated rings. The molecule has 118 valence electrons. The Balaban J connectivity index is 2.21. The van der Waals surface area contributed by atoms with Gasteiger partial charge in [-0.15, -0.1) is 0 Å². The predicted octanol–water partition coefficient (Wildman–Crippen LogP) is 2.22. The van der Waals surface area contributed by atoms with Gasteiger partial charge in [-0.2, -0.15) is 0 Å². The Morgan fingerprint density at radius 3 is 2.43 bits per heavy atom. The van der Waals surface area contributed by atoms with Gasteiger partial charge in [0.05, 0.1) is 26.9 Å². The summed E-state index contributed by atoms with van der Waals surface area (Å²) >= 11 is 3.03. The van der Waals surface area contributed by atoms with Gasteiger partial charge in [0, 0.05) is 0 Å². The summed E-state index contributed by atoms with van der Waals surface area (Å²) in [5.74, 6) is -0.831. The molecule has 5 nitrogen and oxygen atoms in total. The van der Waals surface area contributed by atoms with Crippen LogP contribution in [0.3, 0.4) is 0 Å². The molecule has 1 aliphatic heterocycles. The number of benzene rings is 1. The zero-order chi connectivity index (χ0) is 15.8. The highest BCUT2D eigenvalue weighted by Gasteiger charge is 2.33.